The molecule has 0 spiro atoms. The molecule has 9 heavy (non-hydrogen) atoms. The summed E-state index contributed by atoms with van der Waals surface area (Å²) in [5.74, 6) is 0. The van der Waals surface area contributed by atoms with E-state index in [1.807, 2.05) is 0 Å². The molecule has 1 atom stereocenters. The van der Waals surface area contributed by atoms with Crippen LogP contribution in [0.2, 0.25) is 0 Å². The third kappa shape index (κ3) is 5.20. The fourth-order valence-corrected chi connectivity index (χ4v) is 1.08. The zero-order valence-electron chi connectivity index (χ0n) is 5.77. The average Bonchev–Trinajstić information content (AvgIpc) is 1.69. The molecule has 0 saturated heterocycles. The zero-order valence-corrected chi connectivity index (χ0v) is 8.18. The van der Waals surface area contributed by atoms with Gasteiger partial charge in [0, 0.05) is 0 Å². The van der Waals surface area contributed by atoms with Crippen molar-refractivity contribution in [1.29, 1.82) is 0 Å². The lowest BCUT2D eigenvalue weighted by Gasteiger charge is -2.14. The van der Waals surface area contributed by atoms with E-state index in [1.54, 1.807) is 0 Å². The summed E-state index contributed by atoms with van der Waals surface area (Å²) < 4.78 is 0. The fraction of sp³-hybridized carbons (Fsp3) is 1.00. The van der Waals surface area contributed by atoms with Crippen molar-refractivity contribution in [3.8, 4) is 0 Å². The average molecular weight is 168 g/mol. The highest BCUT2D eigenvalue weighted by atomic mass is 32.1. The van der Waals surface area contributed by atoms with E-state index < -0.39 is 0 Å². The normalized spacial score (nSPS) is 19.7. The molecule has 0 bridgehead atoms. The van der Waals surface area contributed by atoms with Gasteiger partial charge in [0.1, 0.15) is 0 Å². The molecule has 1 nitrogen and oxygen atoms in total. The Morgan fingerprint density at radius 1 is 1.00 bits per heavy atom. The van der Waals surface area contributed by atoms with Gasteiger partial charge in [-0.3, -0.25) is 0 Å². The van der Waals surface area contributed by atoms with Crippen LogP contribution >= 0.6 is 23.4 Å². The molecule has 0 aromatic heterocycles. The SMILES string of the molecule is OC1CCCCC1.P.S. The van der Waals surface area contributed by atoms with Crippen LogP contribution in [-0.2, 0) is 0 Å². The van der Waals surface area contributed by atoms with Gasteiger partial charge in [0.2, 0.25) is 0 Å². The molecule has 1 N–H and O–H groups in total. The van der Waals surface area contributed by atoms with E-state index in [-0.39, 0.29) is 29.5 Å². The van der Waals surface area contributed by atoms with E-state index >= 15 is 0 Å². The molecular weight excluding hydrogens is 151 g/mol. The van der Waals surface area contributed by atoms with E-state index in [9.17, 15) is 0 Å². The summed E-state index contributed by atoms with van der Waals surface area (Å²) in [7, 11) is 0. The van der Waals surface area contributed by atoms with Gasteiger partial charge in [-0.15, -0.1) is 0 Å². The van der Waals surface area contributed by atoms with Crippen molar-refractivity contribution < 1.29 is 5.11 Å². The van der Waals surface area contributed by atoms with Gasteiger partial charge in [-0.05, 0) is 12.8 Å². The lowest BCUT2D eigenvalue weighted by atomic mass is 9.98. The van der Waals surface area contributed by atoms with Crippen LogP contribution in [0.4, 0.5) is 0 Å². The summed E-state index contributed by atoms with van der Waals surface area (Å²) in [6.45, 7) is 0. The summed E-state index contributed by atoms with van der Waals surface area (Å²) in [6.07, 6.45) is 5.92. The molecule has 0 heterocycles. The van der Waals surface area contributed by atoms with Crippen molar-refractivity contribution in [2.75, 3.05) is 0 Å². The van der Waals surface area contributed by atoms with E-state index in [1.165, 1.54) is 19.3 Å². The molecule has 0 aromatic rings. The third-order valence-corrected chi connectivity index (χ3v) is 1.57. The molecule has 1 unspecified atom stereocenters. The van der Waals surface area contributed by atoms with Crippen LogP contribution in [0.15, 0.2) is 0 Å². The predicted octanol–water partition coefficient (Wildman–Crippen LogP) is 1.48. The molecule has 1 fully saturated rings. The van der Waals surface area contributed by atoms with Crippen LogP contribution < -0.4 is 0 Å². The van der Waals surface area contributed by atoms with Crippen molar-refractivity contribution in [2.45, 2.75) is 38.2 Å². The molecular formula is C6H17OPS. The van der Waals surface area contributed by atoms with Crippen molar-refractivity contribution in [3.63, 3.8) is 0 Å². The Kier molecular flexibility index (Phi) is 9.46. The van der Waals surface area contributed by atoms with Gasteiger partial charge < -0.3 is 5.11 Å². The van der Waals surface area contributed by atoms with Crippen LogP contribution in [0.1, 0.15) is 32.1 Å². The van der Waals surface area contributed by atoms with E-state index in [0.29, 0.717) is 0 Å². The monoisotopic (exact) mass is 168 g/mol. The van der Waals surface area contributed by atoms with Crippen LogP contribution in [0.25, 0.3) is 0 Å². The Balaban J connectivity index is 0. The highest BCUT2D eigenvalue weighted by Crippen LogP contribution is 2.16. The van der Waals surface area contributed by atoms with Crippen LogP contribution in [0.3, 0.4) is 0 Å². The second-order valence-corrected chi connectivity index (χ2v) is 2.29. The standard InChI is InChI=1S/C6H12O.H3P.H2S/c7-6-4-2-1-3-5-6;;/h6-7H,1-5H2;1H3;1H2. The van der Waals surface area contributed by atoms with Gasteiger partial charge in [-0.1, -0.05) is 19.3 Å². The minimum absolute atomic E-state index is 0. The number of aliphatic hydroxyl groups excluding tert-OH is 1. The van der Waals surface area contributed by atoms with Gasteiger partial charge in [-0.25, -0.2) is 0 Å². The summed E-state index contributed by atoms with van der Waals surface area (Å²) in [6, 6.07) is 0. The minimum atomic E-state index is 0. The topological polar surface area (TPSA) is 20.2 Å². The second kappa shape index (κ2) is 6.85. The Morgan fingerprint density at radius 2 is 1.44 bits per heavy atom. The summed E-state index contributed by atoms with van der Waals surface area (Å²) in [5.41, 5.74) is 0. The van der Waals surface area contributed by atoms with E-state index in [2.05, 4.69) is 0 Å². The molecule has 1 rings (SSSR count). The molecule has 1 aliphatic carbocycles. The Hall–Kier alpha value is 0.740. The smallest absolute Gasteiger partial charge is 0.0540 e. The summed E-state index contributed by atoms with van der Waals surface area (Å²) in [4.78, 5) is 0. The van der Waals surface area contributed by atoms with Crippen molar-refractivity contribution >= 4 is 23.4 Å². The van der Waals surface area contributed by atoms with Gasteiger partial charge in [0.25, 0.3) is 0 Å². The largest absolute Gasteiger partial charge is 0.393 e. The van der Waals surface area contributed by atoms with Crippen LogP contribution in [-0.4, -0.2) is 11.2 Å². The highest BCUT2D eigenvalue weighted by Gasteiger charge is 2.07. The van der Waals surface area contributed by atoms with E-state index in [0.717, 1.165) is 12.8 Å². The Morgan fingerprint density at radius 3 is 1.67 bits per heavy atom. The van der Waals surface area contributed by atoms with E-state index in [4.69, 9.17) is 5.11 Å². The lowest BCUT2D eigenvalue weighted by molar-refractivity contribution is 0.130. The van der Waals surface area contributed by atoms with Crippen molar-refractivity contribution in [2.24, 2.45) is 0 Å². The maximum Gasteiger partial charge on any atom is 0.0540 e. The van der Waals surface area contributed by atoms with Gasteiger partial charge in [-0.2, -0.15) is 23.4 Å². The fourth-order valence-electron chi connectivity index (χ4n) is 1.08. The third-order valence-electron chi connectivity index (χ3n) is 1.57. The number of aliphatic hydroxyl groups is 1. The maximum absolute atomic E-state index is 8.91. The summed E-state index contributed by atoms with van der Waals surface area (Å²) in [5, 5.41) is 8.91. The Labute approximate surface area is 67.3 Å². The molecule has 58 valence electrons. The second-order valence-electron chi connectivity index (χ2n) is 2.29. The number of hydrogen-bond donors (Lipinski definition) is 1. The van der Waals surface area contributed by atoms with Crippen molar-refractivity contribution in [3.05, 3.63) is 0 Å². The predicted molar refractivity (Wildman–Crippen MR) is 50.6 cm³/mol. The molecule has 1 saturated carbocycles. The first-order valence-corrected chi connectivity index (χ1v) is 3.07. The first-order valence-electron chi connectivity index (χ1n) is 3.07. The molecule has 0 aromatic carbocycles. The number of hydrogen-bond acceptors (Lipinski definition) is 1. The quantitative estimate of drug-likeness (QED) is 0.543. The summed E-state index contributed by atoms with van der Waals surface area (Å²) >= 11 is 0. The number of rotatable bonds is 0. The first-order chi connectivity index (χ1) is 3.39. The minimum Gasteiger partial charge on any atom is -0.393 e. The molecule has 3 heteroatoms. The van der Waals surface area contributed by atoms with Gasteiger partial charge in [0.05, 0.1) is 6.10 Å². The molecule has 0 aliphatic heterocycles. The maximum atomic E-state index is 8.91. The first kappa shape index (κ1) is 12.4. The Bertz CT molecular complexity index is 55.0. The lowest BCUT2D eigenvalue weighted by Crippen LogP contribution is -2.09. The van der Waals surface area contributed by atoms with Gasteiger partial charge >= 0.3 is 0 Å². The van der Waals surface area contributed by atoms with Gasteiger partial charge in [0.15, 0.2) is 0 Å². The van der Waals surface area contributed by atoms with Crippen LogP contribution in [0.5, 0.6) is 0 Å². The zero-order chi connectivity index (χ0) is 5.11. The van der Waals surface area contributed by atoms with Crippen molar-refractivity contribution in [1.82, 2.24) is 0 Å². The molecule has 0 amide bonds. The highest BCUT2D eigenvalue weighted by molar-refractivity contribution is 7.59. The molecule has 0 radical (unpaired) electrons. The van der Waals surface area contributed by atoms with Crippen LogP contribution in [0, 0.1) is 0 Å². The molecule has 1 aliphatic rings.